The van der Waals surface area contributed by atoms with Crippen molar-refractivity contribution in [2.24, 2.45) is 5.73 Å². The number of hydrogen-bond donors (Lipinski definition) is 2. The average Bonchev–Trinajstić information content (AvgIpc) is 2.73. The van der Waals surface area contributed by atoms with Gasteiger partial charge in [-0.25, -0.2) is 9.97 Å². The van der Waals surface area contributed by atoms with Crippen molar-refractivity contribution in [3.8, 4) is 0 Å². The number of anilines is 1. The Kier molecular flexibility index (Phi) is 3.88. The lowest BCUT2D eigenvalue weighted by Crippen LogP contribution is -2.13. The van der Waals surface area contributed by atoms with Crippen molar-refractivity contribution in [1.82, 2.24) is 9.97 Å². The average molecular weight is 285 g/mol. The van der Waals surface area contributed by atoms with Crippen LogP contribution in [-0.2, 0) is 6.54 Å². The summed E-state index contributed by atoms with van der Waals surface area (Å²) >= 11 is 12.2. The maximum atomic E-state index is 5.83. The van der Waals surface area contributed by atoms with Crippen molar-refractivity contribution in [3.05, 3.63) is 39.3 Å². The largest absolute Gasteiger partial charge is 0.388 e. The van der Waals surface area contributed by atoms with Crippen molar-refractivity contribution < 1.29 is 0 Å². The topological polar surface area (TPSA) is 63.8 Å². The molecule has 0 amide bonds. The predicted octanol–water partition coefficient (Wildman–Crippen LogP) is 2.44. The maximum absolute atomic E-state index is 5.83. The van der Waals surface area contributed by atoms with Crippen LogP contribution in [0.25, 0.3) is 0 Å². The number of halogens is 1. The second-order valence-corrected chi connectivity index (χ2v) is 5.43. The summed E-state index contributed by atoms with van der Waals surface area (Å²) in [6.07, 6.45) is 1.62. The van der Waals surface area contributed by atoms with Crippen molar-refractivity contribution in [1.29, 1.82) is 0 Å². The molecule has 0 spiro atoms. The van der Waals surface area contributed by atoms with Gasteiger partial charge in [0.05, 0.1) is 10.9 Å². The van der Waals surface area contributed by atoms with Crippen LogP contribution in [0.3, 0.4) is 0 Å². The molecule has 0 unspecified atom stereocenters. The summed E-state index contributed by atoms with van der Waals surface area (Å²) in [6, 6.07) is 5.49. The first kappa shape index (κ1) is 12.2. The van der Waals surface area contributed by atoms with Crippen LogP contribution >= 0.6 is 35.2 Å². The lowest BCUT2D eigenvalue weighted by Gasteiger charge is -2.04. The van der Waals surface area contributed by atoms with E-state index < -0.39 is 0 Å². The minimum absolute atomic E-state index is 0.259. The lowest BCUT2D eigenvalue weighted by molar-refractivity contribution is 1.06. The number of thiocarbonyl (C=S) groups is 1. The van der Waals surface area contributed by atoms with E-state index in [-0.39, 0.29) is 4.99 Å². The van der Waals surface area contributed by atoms with E-state index in [0.29, 0.717) is 18.2 Å². The van der Waals surface area contributed by atoms with Gasteiger partial charge in [0.1, 0.15) is 10.7 Å². The predicted molar refractivity (Wildman–Crippen MR) is 74.6 cm³/mol. The summed E-state index contributed by atoms with van der Waals surface area (Å²) in [5.74, 6) is 0.500. The second-order valence-electron chi connectivity index (χ2n) is 3.19. The molecular weight excluding hydrogens is 276 g/mol. The highest BCUT2D eigenvalue weighted by molar-refractivity contribution is 7.80. The molecule has 2 aromatic rings. The molecule has 0 radical (unpaired) electrons. The van der Waals surface area contributed by atoms with Crippen LogP contribution in [0.2, 0.25) is 4.34 Å². The van der Waals surface area contributed by atoms with Crippen molar-refractivity contribution >= 4 is 46.1 Å². The molecule has 0 aliphatic heterocycles. The highest BCUT2D eigenvalue weighted by Crippen LogP contribution is 2.21. The molecule has 0 fully saturated rings. The molecule has 2 rings (SSSR count). The van der Waals surface area contributed by atoms with Gasteiger partial charge in [-0.3, -0.25) is 0 Å². The molecule has 0 saturated carbocycles. The summed E-state index contributed by atoms with van der Waals surface area (Å²) in [4.78, 5) is 9.62. The Labute approximate surface area is 113 Å². The normalized spacial score (nSPS) is 10.2. The maximum Gasteiger partial charge on any atom is 0.223 e. The molecule has 0 aliphatic carbocycles. The Morgan fingerprint density at radius 2 is 2.29 bits per heavy atom. The summed E-state index contributed by atoms with van der Waals surface area (Å²) in [7, 11) is 0. The molecule has 2 aromatic heterocycles. The zero-order valence-corrected chi connectivity index (χ0v) is 11.1. The first-order valence-corrected chi connectivity index (χ1v) is 6.36. The SMILES string of the molecule is NC(=S)c1ccnc(NCc2ccc(Cl)s2)n1. The molecule has 0 bridgehead atoms. The van der Waals surface area contributed by atoms with Crippen LogP contribution in [0.15, 0.2) is 24.4 Å². The fourth-order valence-electron chi connectivity index (χ4n) is 1.19. The van der Waals surface area contributed by atoms with Crippen LogP contribution in [0, 0.1) is 0 Å². The third-order valence-electron chi connectivity index (χ3n) is 1.96. The molecule has 17 heavy (non-hydrogen) atoms. The Bertz CT molecular complexity index is 541. The number of nitrogens with zero attached hydrogens (tertiary/aromatic N) is 2. The highest BCUT2D eigenvalue weighted by Gasteiger charge is 2.02. The Hall–Kier alpha value is -1.24. The first-order valence-electron chi connectivity index (χ1n) is 4.76. The zero-order chi connectivity index (χ0) is 12.3. The summed E-state index contributed by atoms with van der Waals surface area (Å²) < 4.78 is 0.764. The third kappa shape index (κ3) is 3.36. The van der Waals surface area contributed by atoms with E-state index in [1.165, 1.54) is 11.3 Å². The molecule has 4 nitrogen and oxygen atoms in total. The molecule has 0 atom stereocenters. The Morgan fingerprint density at radius 1 is 1.47 bits per heavy atom. The van der Waals surface area contributed by atoms with Gasteiger partial charge in [0.2, 0.25) is 5.95 Å². The molecule has 2 heterocycles. The smallest absolute Gasteiger partial charge is 0.223 e. The fourth-order valence-corrected chi connectivity index (χ4v) is 2.33. The summed E-state index contributed by atoms with van der Waals surface area (Å²) in [5.41, 5.74) is 6.05. The van der Waals surface area contributed by atoms with E-state index in [1.54, 1.807) is 12.3 Å². The van der Waals surface area contributed by atoms with Gasteiger partial charge in [-0.05, 0) is 18.2 Å². The number of nitrogens with one attached hydrogen (secondary N) is 1. The zero-order valence-electron chi connectivity index (χ0n) is 8.68. The molecule has 7 heteroatoms. The van der Waals surface area contributed by atoms with Gasteiger partial charge in [-0.1, -0.05) is 23.8 Å². The molecule has 0 aliphatic rings. The van der Waals surface area contributed by atoms with Crippen molar-refractivity contribution in [2.45, 2.75) is 6.54 Å². The van der Waals surface area contributed by atoms with Crippen molar-refractivity contribution in [2.75, 3.05) is 5.32 Å². The van der Waals surface area contributed by atoms with Crippen LogP contribution in [0.5, 0.6) is 0 Å². The lowest BCUT2D eigenvalue weighted by atomic mass is 10.4. The van der Waals surface area contributed by atoms with Gasteiger partial charge in [0, 0.05) is 11.1 Å². The quantitative estimate of drug-likeness (QED) is 0.845. The van der Waals surface area contributed by atoms with Crippen LogP contribution in [0.4, 0.5) is 5.95 Å². The standard InChI is InChI=1S/C10H9ClN4S2/c11-8-2-1-6(17-8)5-14-10-13-4-3-7(15-10)9(12)16/h1-4H,5H2,(H2,12,16)(H,13,14,15). The number of thiophene rings is 1. The van der Waals surface area contributed by atoms with E-state index >= 15 is 0 Å². The number of nitrogens with two attached hydrogens (primary N) is 1. The van der Waals surface area contributed by atoms with E-state index in [0.717, 1.165) is 9.21 Å². The highest BCUT2D eigenvalue weighted by atomic mass is 35.5. The van der Waals surface area contributed by atoms with Gasteiger partial charge >= 0.3 is 0 Å². The number of hydrogen-bond acceptors (Lipinski definition) is 5. The van der Waals surface area contributed by atoms with Gasteiger partial charge in [0.15, 0.2) is 0 Å². The van der Waals surface area contributed by atoms with E-state index in [9.17, 15) is 0 Å². The van der Waals surface area contributed by atoms with Crippen molar-refractivity contribution in [3.63, 3.8) is 0 Å². The van der Waals surface area contributed by atoms with Crippen LogP contribution < -0.4 is 11.1 Å². The third-order valence-corrected chi connectivity index (χ3v) is 3.40. The van der Waals surface area contributed by atoms with E-state index in [2.05, 4.69) is 15.3 Å². The first-order chi connectivity index (χ1) is 8.15. The minimum atomic E-state index is 0.259. The molecule has 0 aromatic carbocycles. The number of aromatic nitrogens is 2. The Morgan fingerprint density at radius 3 is 2.94 bits per heavy atom. The summed E-state index contributed by atoms with van der Waals surface area (Å²) in [5, 5.41) is 3.08. The molecule has 88 valence electrons. The van der Waals surface area contributed by atoms with Gasteiger partial charge in [-0.15, -0.1) is 11.3 Å². The van der Waals surface area contributed by atoms with E-state index in [4.69, 9.17) is 29.6 Å². The van der Waals surface area contributed by atoms with Crippen LogP contribution in [-0.4, -0.2) is 15.0 Å². The summed E-state index contributed by atoms with van der Waals surface area (Å²) in [6.45, 7) is 0.623. The monoisotopic (exact) mass is 284 g/mol. The minimum Gasteiger partial charge on any atom is -0.388 e. The molecular formula is C10H9ClN4S2. The Balaban J connectivity index is 2.04. The molecule has 0 saturated heterocycles. The molecule has 3 N–H and O–H groups in total. The van der Waals surface area contributed by atoms with Gasteiger partial charge in [0.25, 0.3) is 0 Å². The van der Waals surface area contributed by atoms with E-state index in [1.807, 2.05) is 12.1 Å². The van der Waals surface area contributed by atoms with Gasteiger partial charge < -0.3 is 11.1 Å². The second kappa shape index (κ2) is 5.39. The van der Waals surface area contributed by atoms with Gasteiger partial charge in [-0.2, -0.15) is 0 Å². The number of rotatable bonds is 4. The van der Waals surface area contributed by atoms with Crippen LogP contribution in [0.1, 0.15) is 10.6 Å². The fraction of sp³-hybridized carbons (Fsp3) is 0.100.